The number of hydrogen-bond donors (Lipinski definition) is 1. The van der Waals surface area contributed by atoms with Crippen LogP contribution in [0.1, 0.15) is 45.6 Å². The van der Waals surface area contributed by atoms with Gasteiger partial charge in [-0.2, -0.15) is 0 Å². The number of likely N-dealkylation sites (N-methyl/N-ethyl adjacent to an activating group) is 1. The van der Waals surface area contributed by atoms with Gasteiger partial charge in [-0.05, 0) is 68.1 Å². The molecule has 3 fully saturated rings. The van der Waals surface area contributed by atoms with E-state index in [0.29, 0.717) is 75.6 Å². The smallest absolute Gasteiger partial charge is 0.410 e. The van der Waals surface area contributed by atoms with E-state index in [9.17, 15) is 19.5 Å². The predicted octanol–water partition coefficient (Wildman–Crippen LogP) is 3.84. The van der Waals surface area contributed by atoms with Crippen LogP contribution in [0.2, 0.25) is 0 Å². The average molecular weight is 700 g/mol. The molecule has 0 aliphatic carbocycles. The Morgan fingerprint density at radius 1 is 0.980 bits per heavy atom. The number of nitrogens with zero attached hydrogens (tertiary/aromatic N) is 5. The molecule has 1 aromatic carbocycles. The minimum Gasteiger partial charge on any atom is -0.457 e. The third kappa shape index (κ3) is 10.3. The average Bonchev–Trinajstić information content (AvgIpc) is 3.46. The summed E-state index contributed by atoms with van der Waals surface area (Å²) in [6.45, 7) is 13.9. The first-order valence-electron chi connectivity index (χ1n) is 18.0. The van der Waals surface area contributed by atoms with E-state index in [-0.39, 0.29) is 30.4 Å². The number of hydrogen-bond acceptors (Lipinski definition) is 9. The van der Waals surface area contributed by atoms with E-state index in [1.165, 1.54) is 12.1 Å². The number of urea groups is 1. The molecule has 4 heterocycles. The van der Waals surface area contributed by atoms with Crippen molar-refractivity contribution in [1.29, 1.82) is 0 Å². The maximum absolute atomic E-state index is 15.0. The molecule has 276 valence electrons. The van der Waals surface area contributed by atoms with E-state index in [4.69, 9.17) is 14.2 Å². The minimum absolute atomic E-state index is 0.0932. The molecule has 0 radical (unpaired) electrons. The number of anilines is 1. The number of aliphatic hydroxyl groups is 1. The normalized spacial score (nSPS) is 29.0. The standard InChI is InChI=1S/C37H54FN5O7/c1-26-5-7-32(44)25-34(45)50-35(27(2)6-8-33(26)49-37(47)42-12-9-39(4)10-13-42)28(3)21-29-22-30(38)24-31(23-29)43-16-15-41(36(43)46)14-11-40-17-19-48-20-18-40/h6,8,21-24,26-27,32-33,35,44H,5,7,9-20,25H2,1-4H3/b8-6+,28-21+/t26-,27-,32+,33-,35-/m0/s1. The van der Waals surface area contributed by atoms with Gasteiger partial charge in [0, 0.05) is 77.1 Å². The van der Waals surface area contributed by atoms with Crippen LogP contribution in [-0.2, 0) is 19.0 Å². The highest BCUT2D eigenvalue weighted by Gasteiger charge is 2.32. The first-order chi connectivity index (χ1) is 24.0. The second-order valence-electron chi connectivity index (χ2n) is 14.2. The van der Waals surface area contributed by atoms with Crippen molar-refractivity contribution in [1.82, 2.24) is 19.6 Å². The molecule has 1 aromatic rings. The maximum atomic E-state index is 15.0. The Labute approximate surface area is 295 Å². The van der Waals surface area contributed by atoms with Crippen LogP contribution in [0.15, 0.2) is 35.9 Å². The molecule has 12 nitrogen and oxygen atoms in total. The van der Waals surface area contributed by atoms with Gasteiger partial charge < -0.3 is 34.0 Å². The van der Waals surface area contributed by atoms with Gasteiger partial charge in [0.15, 0.2) is 0 Å². The molecule has 5 atom stereocenters. The zero-order chi connectivity index (χ0) is 35.8. The number of esters is 1. The summed E-state index contributed by atoms with van der Waals surface area (Å²) in [4.78, 5) is 49.0. The summed E-state index contributed by atoms with van der Waals surface area (Å²) in [7, 11) is 2.02. The SMILES string of the molecule is C/C(=C\c1cc(F)cc(N2CCN(CCN3CCOCC3)C2=O)c1)[C@H]1OC(=O)C[C@H](O)CC[C@H](C)[C@@H](OC(=O)N2CCN(C)CC2)/C=C/[C@@H]1C. The summed E-state index contributed by atoms with van der Waals surface area (Å²) in [5.41, 5.74) is 1.66. The third-order valence-corrected chi connectivity index (χ3v) is 10.2. The van der Waals surface area contributed by atoms with Crippen molar-refractivity contribution in [2.24, 2.45) is 11.8 Å². The Morgan fingerprint density at radius 2 is 1.72 bits per heavy atom. The van der Waals surface area contributed by atoms with Crippen LogP contribution in [0.25, 0.3) is 6.08 Å². The molecule has 1 N–H and O–H groups in total. The lowest BCUT2D eigenvalue weighted by molar-refractivity contribution is -0.151. The number of rotatable bonds is 7. The fraction of sp³-hybridized carbons (Fsp3) is 0.649. The second kappa shape index (κ2) is 17.6. The van der Waals surface area contributed by atoms with Crippen LogP contribution in [0.3, 0.4) is 0 Å². The lowest BCUT2D eigenvalue weighted by Gasteiger charge is -2.33. The van der Waals surface area contributed by atoms with E-state index >= 15 is 4.39 Å². The molecule has 5 rings (SSSR count). The summed E-state index contributed by atoms with van der Waals surface area (Å²) in [6, 6.07) is 4.37. The van der Waals surface area contributed by atoms with Crippen molar-refractivity contribution in [3.63, 3.8) is 0 Å². The summed E-state index contributed by atoms with van der Waals surface area (Å²) in [5, 5.41) is 10.7. The summed E-state index contributed by atoms with van der Waals surface area (Å²) in [5.74, 6) is -1.44. The van der Waals surface area contributed by atoms with Crippen LogP contribution in [-0.4, -0.2) is 147 Å². The van der Waals surface area contributed by atoms with Crippen molar-refractivity contribution in [2.45, 2.75) is 58.3 Å². The monoisotopic (exact) mass is 699 g/mol. The highest BCUT2D eigenvalue weighted by atomic mass is 19.1. The Hall–Kier alpha value is -3.52. The third-order valence-electron chi connectivity index (χ3n) is 10.2. The molecule has 0 bridgehead atoms. The lowest BCUT2D eigenvalue weighted by atomic mass is 9.91. The first kappa shape index (κ1) is 37.7. The van der Waals surface area contributed by atoms with Gasteiger partial charge in [0.2, 0.25) is 0 Å². The number of aliphatic hydroxyl groups excluding tert-OH is 1. The Kier molecular flexibility index (Phi) is 13.3. The fourth-order valence-corrected chi connectivity index (χ4v) is 6.93. The van der Waals surface area contributed by atoms with E-state index in [1.807, 2.05) is 40.0 Å². The second-order valence-corrected chi connectivity index (χ2v) is 14.2. The molecular weight excluding hydrogens is 645 g/mol. The summed E-state index contributed by atoms with van der Waals surface area (Å²) in [6.07, 6.45) is 3.74. The fourth-order valence-electron chi connectivity index (χ4n) is 6.93. The van der Waals surface area contributed by atoms with Gasteiger partial charge in [-0.25, -0.2) is 14.0 Å². The number of ether oxygens (including phenoxy) is 3. The number of cyclic esters (lactones) is 1. The van der Waals surface area contributed by atoms with E-state index < -0.39 is 30.1 Å². The number of carbonyl (C=O) groups excluding carboxylic acids is 3. The quantitative estimate of drug-likeness (QED) is 0.335. The summed E-state index contributed by atoms with van der Waals surface area (Å²) >= 11 is 0. The van der Waals surface area contributed by atoms with Crippen LogP contribution < -0.4 is 4.90 Å². The number of benzene rings is 1. The first-order valence-corrected chi connectivity index (χ1v) is 18.0. The van der Waals surface area contributed by atoms with Crippen LogP contribution in [0.4, 0.5) is 19.7 Å². The van der Waals surface area contributed by atoms with Crippen LogP contribution >= 0.6 is 0 Å². The minimum atomic E-state index is -0.903. The molecule has 0 unspecified atom stereocenters. The Balaban J connectivity index is 1.31. The largest absolute Gasteiger partial charge is 0.457 e. The zero-order valence-corrected chi connectivity index (χ0v) is 30.0. The molecule has 0 spiro atoms. The van der Waals surface area contributed by atoms with Gasteiger partial charge in [0.1, 0.15) is 18.0 Å². The molecule has 4 aliphatic rings. The number of halogens is 1. The van der Waals surface area contributed by atoms with Gasteiger partial charge in [0.25, 0.3) is 0 Å². The molecule has 0 aromatic heterocycles. The number of carbonyl (C=O) groups is 3. The maximum Gasteiger partial charge on any atom is 0.410 e. The zero-order valence-electron chi connectivity index (χ0n) is 30.0. The topological polar surface area (TPSA) is 115 Å². The van der Waals surface area contributed by atoms with Gasteiger partial charge in [-0.15, -0.1) is 0 Å². The van der Waals surface area contributed by atoms with E-state index in [0.717, 1.165) is 32.7 Å². The molecular formula is C37H54FN5O7. The predicted molar refractivity (Wildman–Crippen MR) is 188 cm³/mol. The molecule has 50 heavy (non-hydrogen) atoms. The molecule has 13 heteroatoms. The van der Waals surface area contributed by atoms with E-state index in [2.05, 4.69) is 9.80 Å². The number of piperazine rings is 1. The van der Waals surface area contributed by atoms with Gasteiger partial charge in [-0.1, -0.05) is 26.0 Å². The molecule has 0 saturated carbocycles. The summed E-state index contributed by atoms with van der Waals surface area (Å²) < 4.78 is 32.4. The molecule has 3 saturated heterocycles. The van der Waals surface area contributed by atoms with Gasteiger partial charge in [-0.3, -0.25) is 14.6 Å². The van der Waals surface area contributed by atoms with Crippen molar-refractivity contribution in [3.05, 3.63) is 47.3 Å². The van der Waals surface area contributed by atoms with Crippen molar-refractivity contribution < 1.29 is 38.1 Å². The highest BCUT2D eigenvalue weighted by Crippen LogP contribution is 2.28. The number of amides is 3. The van der Waals surface area contributed by atoms with Crippen molar-refractivity contribution in [3.8, 4) is 0 Å². The van der Waals surface area contributed by atoms with Crippen molar-refractivity contribution in [2.75, 3.05) is 90.6 Å². The van der Waals surface area contributed by atoms with Crippen LogP contribution in [0, 0.1) is 17.7 Å². The van der Waals surface area contributed by atoms with Crippen molar-refractivity contribution >= 4 is 29.9 Å². The molecule has 3 amide bonds. The number of morpholine rings is 1. The van der Waals surface area contributed by atoms with Gasteiger partial charge >= 0.3 is 18.1 Å². The Morgan fingerprint density at radius 3 is 2.46 bits per heavy atom. The Bertz CT molecular complexity index is 1390. The molecule has 4 aliphatic heterocycles. The lowest BCUT2D eigenvalue weighted by Crippen LogP contribution is -2.48. The van der Waals surface area contributed by atoms with Gasteiger partial charge in [0.05, 0.1) is 25.7 Å². The highest BCUT2D eigenvalue weighted by molar-refractivity contribution is 5.94. The van der Waals surface area contributed by atoms with Crippen LogP contribution in [0.5, 0.6) is 0 Å². The van der Waals surface area contributed by atoms with E-state index in [1.54, 1.807) is 26.8 Å².